The molecule has 4 nitrogen and oxygen atoms in total. The van der Waals surface area contributed by atoms with E-state index in [0.717, 1.165) is 12.1 Å². The zero-order chi connectivity index (χ0) is 14.7. The monoisotopic (exact) mass is 276 g/mol. The van der Waals surface area contributed by atoms with Crippen LogP contribution in [-0.2, 0) is 0 Å². The molecule has 2 aromatic rings. The Morgan fingerprint density at radius 3 is 2.05 bits per heavy atom. The highest BCUT2D eigenvalue weighted by Crippen LogP contribution is 2.14. The van der Waals surface area contributed by atoms with Gasteiger partial charge in [-0.3, -0.25) is 9.59 Å². The molecule has 0 heterocycles. The van der Waals surface area contributed by atoms with E-state index in [1.54, 1.807) is 0 Å². The number of hydrogen-bond acceptors (Lipinski definition) is 2. The summed E-state index contributed by atoms with van der Waals surface area (Å²) in [4.78, 5) is 22.7. The van der Waals surface area contributed by atoms with E-state index in [4.69, 9.17) is 5.73 Å². The lowest BCUT2D eigenvalue weighted by Crippen LogP contribution is -2.14. The van der Waals surface area contributed by atoms with Gasteiger partial charge in [-0.25, -0.2) is 8.78 Å². The van der Waals surface area contributed by atoms with Crippen molar-refractivity contribution in [2.45, 2.75) is 0 Å². The summed E-state index contributed by atoms with van der Waals surface area (Å²) in [5.74, 6) is -3.15. The molecule has 2 amide bonds. The zero-order valence-electron chi connectivity index (χ0n) is 10.2. The molecule has 2 aromatic carbocycles. The first-order valence-corrected chi connectivity index (χ1v) is 5.63. The number of hydrogen-bond donors (Lipinski definition) is 2. The van der Waals surface area contributed by atoms with Crippen molar-refractivity contribution in [3.05, 3.63) is 65.2 Å². The molecule has 0 saturated heterocycles. The van der Waals surface area contributed by atoms with E-state index in [0.29, 0.717) is 0 Å². The highest BCUT2D eigenvalue weighted by atomic mass is 19.2. The van der Waals surface area contributed by atoms with E-state index < -0.39 is 23.4 Å². The molecular weight excluding hydrogens is 266 g/mol. The average molecular weight is 276 g/mol. The maximum atomic E-state index is 13.0. The van der Waals surface area contributed by atoms with Crippen LogP contribution in [0.5, 0.6) is 0 Å². The molecule has 0 aliphatic carbocycles. The van der Waals surface area contributed by atoms with Crippen LogP contribution in [0.25, 0.3) is 0 Å². The number of carbonyl (C=O) groups is 2. The Balaban J connectivity index is 2.15. The summed E-state index contributed by atoms with van der Waals surface area (Å²) in [6.07, 6.45) is 0. The second-order valence-corrected chi connectivity index (χ2v) is 4.02. The molecule has 0 saturated carbocycles. The van der Waals surface area contributed by atoms with E-state index >= 15 is 0 Å². The smallest absolute Gasteiger partial charge is 0.255 e. The van der Waals surface area contributed by atoms with Gasteiger partial charge in [0.1, 0.15) is 0 Å². The van der Waals surface area contributed by atoms with Crippen molar-refractivity contribution in [2.75, 3.05) is 5.32 Å². The Kier molecular flexibility index (Phi) is 3.74. The third-order valence-corrected chi connectivity index (χ3v) is 2.61. The minimum absolute atomic E-state index is 0.132. The summed E-state index contributed by atoms with van der Waals surface area (Å²) in [6, 6.07) is 8.68. The Bertz CT molecular complexity index is 669. The van der Waals surface area contributed by atoms with Gasteiger partial charge in [0, 0.05) is 22.9 Å². The lowest BCUT2D eigenvalue weighted by Gasteiger charge is -2.06. The van der Waals surface area contributed by atoms with Gasteiger partial charge in [0.05, 0.1) is 0 Å². The molecule has 6 heteroatoms. The number of rotatable bonds is 3. The van der Waals surface area contributed by atoms with Gasteiger partial charge in [-0.1, -0.05) is 0 Å². The van der Waals surface area contributed by atoms with Crippen molar-refractivity contribution in [3.63, 3.8) is 0 Å². The fourth-order valence-corrected chi connectivity index (χ4v) is 1.56. The SMILES string of the molecule is NC(=O)c1ccc(C(=O)Nc2ccc(F)c(F)c2)cc1. The van der Waals surface area contributed by atoms with Crippen LogP contribution >= 0.6 is 0 Å². The Labute approximate surface area is 113 Å². The van der Waals surface area contributed by atoms with Crippen molar-refractivity contribution in [1.29, 1.82) is 0 Å². The number of halogens is 2. The van der Waals surface area contributed by atoms with E-state index in [2.05, 4.69) is 5.32 Å². The molecule has 0 bridgehead atoms. The molecule has 0 atom stereocenters. The second-order valence-electron chi connectivity index (χ2n) is 4.02. The van der Waals surface area contributed by atoms with Gasteiger partial charge in [0.25, 0.3) is 5.91 Å². The molecule has 102 valence electrons. The number of primary amides is 1. The Hall–Kier alpha value is -2.76. The molecule has 2 rings (SSSR count). The first kappa shape index (κ1) is 13.7. The van der Waals surface area contributed by atoms with E-state index in [9.17, 15) is 18.4 Å². The number of anilines is 1. The number of carbonyl (C=O) groups excluding carboxylic acids is 2. The first-order chi connectivity index (χ1) is 9.47. The third-order valence-electron chi connectivity index (χ3n) is 2.61. The van der Waals surface area contributed by atoms with Crippen molar-refractivity contribution in [1.82, 2.24) is 0 Å². The topological polar surface area (TPSA) is 72.2 Å². The van der Waals surface area contributed by atoms with Crippen LogP contribution < -0.4 is 11.1 Å². The summed E-state index contributed by atoms with van der Waals surface area (Å²) < 4.78 is 25.7. The standard InChI is InChI=1S/C14H10F2N2O2/c15-11-6-5-10(7-12(11)16)18-14(20)9-3-1-8(2-4-9)13(17)19/h1-7H,(H2,17,19)(H,18,20). The normalized spacial score (nSPS) is 10.1. The van der Waals surface area contributed by atoms with Crippen molar-refractivity contribution >= 4 is 17.5 Å². The fourth-order valence-electron chi connectivity index (χ4n) is 1.56. The maximum Gasteiger partial charge on any atom is 0.255 e. The quantitative estimate of drug-likeness (QED) is 0.903. The molecule has 0 spiro atoms. The van der Waals surface area contributed by atoms with Crippen molar-refractivity contribution in [3.8, 4) is 0 Å². The molecule has 20 heavy (non-hydrogen) atoms. The first-order valence-electron chi connectivity index (χ1n) is 5.63. The summed E-state index contributed by atoms with van der Waals surface area (Å²) >= 11 is 0. The van der Waals surface area contributed by atoms with Crippen LogP contribution in [0.15, 0.2) is 42.5 Å². The average Bonchev–Trinajstić information content (AvgIpc) is 2.43. The van der Waals surface area contributed by atoms with Gasteiger partial charge < -0.3 is 11.1 Å². The van der Waals surface area contributed by atoms with Crippen molar-refractivity contribution < 1.29 is 18.4 Å². The molecule has 0 radical (unpaired) electrons. The van der Waals surface area contributed by atoms with E-state index in [1.165, 1.54) is 30.3 Å². The van der Waals surface area contributed by atoms with Crippen LogP contribution in [0, 0.1) is 11.6 Å². The highest BCUT2D eigenvalue weighted by Gasteiger charge is 2.09. The predicted octanol–water partition coefficient (Wildman–Crippen LogP) is 2.32. The zero-order valence-corrected chi connectivity index (χ0v) is 10.2. The number of nitrogens with two attached hydrogens (primary N) is 1. The van der Waals surface area contributed by atoms with Crippen LogP contribution in [0.2, 0.25) is 0 Å². The van der Waals surface area contributed by atoms with Crippen LogP contribution in [0.4, 0.5) is 14.5 Å². The Morgan fingerprint density at radius 2 is 1.50 bits per heavy atom. The van der Waals surface area contributed by atoms with Gasteiger partial charge in [0.2, 0.25) is 5.91 Å². The minimum atomic E-state index is -1.05. The maximum absolute atomic E-state index is 13.0. The molecule has 0 fully saturated rings. The van der Waals surface area contributed by atoms with Crippen LogP contribution in [-0.4, -0.2) is 11.8 Å². The van der Waals surface area contributed by atoms with E-state index in [1.807, 2.05) is 0 Å². The number of nitrogens with one attached hydrogen (secondary N) is 1. The van der Waals surface area contributed by atoms with Gasteiger partial charge in [0.15, 0.2) is 11.6 Å². The minimum Gasteiger partial charge on any atom is -0.366 e. The summed E-state index contributed by atoms with van der Waals surface area (Å²) in [5.41, 5.74) is 5.75. The van der Waals surface area contributed by atoms with Crippen LogP contribution in [0.3, 0.4) is 0 Å². The molecule has 0 aromatic heterocycles. The van der Waals surface area contributed by atoms with Gasteiger partial charge in [-0.05, 0) is 36.4 Å². The van der Waals surface area contributed by atoms with Gasteiger partial charge in [-0.15, -0.1) is 0 Å². The second kappa shape index (κ2) is 5.48. The summed E-state index contributed by atoms with van der Waals surface area (Å²) in [7, 11) is 0. The third kappa shape index (κ3) is 2.97. The van der Waals surface area contributed by atoms with Gasteiger partial charge in [-0.2, -0.15) is 0 Å². The lowest BCUT2D eigenvalue weighted by molar-refractivity contribution is 0.0995. The molecule has 0 aliphatic rings. The number of benzene rings is 2. The Morgan fingerprint density at radius 1 is 0.900 bits per heavy atom. The van der Waals surface area contributed by atoms with Crippen LogP contribution in [0.1, 0.15) is 20.7 Å². The molecular formula is C14H10F2N2O2. The molecule has 3 N–H and O–H groups in total. The largest absolute Gasteiger partial charge is 0.366 e. The predicted molar refractivity (Wildman–Crippen MR) is 69.3 cm³/mol. The summed E-state index contributed by atoms with van der Waals surface area (Å²) in [5, 5.41) is 2.41. The highest BCUT2D eigenvalue weighted by molar-refractivity contribution is 6.05. The van der Waals surface area contributed by atoms with E-state index in [-0.39, 0.29) is 16.8 Å². The lowest BCUT2D eigenvalue weighted by atomic mass is 10.1. The summed E-state index contributed by atoms with van der Waals surface area (Å²) in [6.45, 7) is 0. The molecule has 0 aliphatic heterocycles. The van der Waals surface area contributed by atoms with Gasteiger partial charge >= 0.3 is 0 Å². The number of amides is 2. The van der Waals surface area contributed by atoms with Crippen molar-refractivity contribution in [2.24, 2.45) is 5.73 Å². The fraction of sp³-hybridized carbons (Fsp3) is 0. The molecule has 0 unspecified atom stereocenters.